The van der Waals surface area contributed by atoms with Crippen LogP contribution in [0.4, 0.5) is 0 Å². The smallest absolute Gasteiger partial charge is 0.243 e. The van der Waals surface area contributed by atoms with E-state index in [4.69, 9.17) is 0 Å². The molecule has 5 nitrogen and oxygen atoms in total. The third-order valence-electron chi connectivity index (χ3n) is 3.31. The second-order valence-electron chi connectivity index (χ2n) is 4.61. The Morgan fingerprint density at radius 1 is 1.14 bits per heavy atom. The summed E-state index contributed by atoms with van der Waals surface area (Å²) < 4.78 is 26.4. The SMILES string of the molecule is CCN(CC(=O)NC)S(=O)(=O)c1ccc2ccccc2c1. The van der Waals surface area contributed by atoms with Gasteiger partial charge in [0.2, 0.25) is 15.9 Å². The zero-order chi connectivity index (χ0) is 15.5. The van der Waals surface area contributed by atoms with Crippen molar-refractivity contribution in [3.05, 3.63) is 42.5 Å². The number of sulfonamides is 1. The first-order valence-electron chi connectivity index (χ1n) is 6.68. The van der Waals surface area contributed by atoms with Crippen molar-refractivity contribution in [1.29, 1.82) is 0 Å². The largest absolute Gasteiger partial charge is 0.358 e. The number of benzene rings is 2. The van der Waals surface area contributed by atoms with E-state index in [9.17, 15) is 13.2 Å². The summed E-state index contributed by atoms with van der Waals surface area (Å²) in [6.45, 7) is 1.77. The molecule has 1 N–H and O–H groups in total. The highest BCUT2D eigenvalue weighted by atomic mass is 32.2. The molecule has 0 unspecified atom stereocenters. The number of nitrogens with one attached hydrogen (secondary N) is 1. The number of hydrogen-bond acceptors (Lipinski definition) is 3. The molecule has 0 aliphatic heterocycles. The van der Waals surface area contributed by atoms with Crippen LogP contribution in [0.25, 0.3) is 10.8 Å². The first-order valence-corrected chi connectivity index (χ1v) is 8.12. The van der Waals surface area contributed by atoms with E-state index < -0.39 is 10.0 Å². The Hall–Kier alpha value is -1.92. The number of nitrogens with zero attached hydrogens (tertiary/aromatic N) is 1. The van der Waals surface area contributed by atoms with Gasteiger partial charge in [-0.15, -0.1) is 0 Å². The van der Waals surface area contributed by atoms with Gasteiger partial charge >= 0.3 is 0 Å². The predicted molar refractivity (Wildman–Crippen MR) is 82.4 cm³/mol. The molecule has 0 aliphatic carbocycles. The molecule has 0 radical (unpaired) electrons. The quantitative estimate of drug-likeness (QED) is 0.912. The van der Waals surface area contributed by atoms with Crippen LogP contribution in [0.5, 0.6) is 0 Å². The van der Waals surface area contributed by atoms with Gasteiger partial charge in [0, 0.05) is 13.6 Å². The van der Waals surface area contributed by atoms with Gasteiger partial charge in [0.05, 0.1) is 11.4 Å². The molecule has 0 bridgehead atoms. The summed E-state index contributed by atoms with van der Waals surface area (Å²) in [6, 6.07) is 12.5. The lowest BCUT2D eigenvalue weighted by atomic mass is 10.1. The van der Waals surface area contributed by atoms with Crippen molar-refractivity contribution in [3.8, 4) is 0 Å². The number of hydrogen-bond donors (Lipinski definition) is 1. The summed E-state index contributed by atoms with van der Waals surface area (Å²) in [6.07, 6.45) is 0. The molecule has 1 amide bonds. The monoisotopic (exact) mass is 306 g/mol. The minimum Gasteiger partial charge on any atom is -0.358 e. The molecular weight excluding hydrogens is 288 g/mol. The van der Waals surface area contributed by atoms with E-state index in [-0.39, 0.29) is 23.9 Å². The Morgan fingerprint density at radius 3 is 2.43 bits per heavy atom. The van der Waals surface area contributed by atoms with E-state index in [0.717, 1.165) is 15.1 Å². The molecule has 0 fully saturated rings. The third-order valence-corrected chi connectivity index (χ3v) is 5.23. The second-order valence-corrected chi connectivity index (χ2v) is 6.55. The summed E-state index contributed by atoms with van der Waals surface area (Å²) in [7, 11) is -2.19. The van der Waals surface area contributed by atoms with Gasteiger partial charge in [-0.3, -0.25) is 4.79 Å². The molecule has 0 aliphatic rings. The average Bonchev–Trinajstić information content (AvgIpc) is 2.51. The van der Waals surface area contributed by atoms with Crippen LogP contribution in [-0.4, -0.2) is 38.8 Å². The number of carbonyl (C=O) groups excluding carboxylic acids is 1. The van der Waals surface area contributed by atoms with Crippen LogP contribution in [0.15, 0.2) is 47.4 Å². The molecule has 0 spiro atoms. The fourth-order valence-electron chi connectivity index (χ4n) is 2.08. The van der Waals surface area contributed by atoms with Crippen LogP contribution in [0, 0.1) is 0 Å². The first kappa shape index (κ1) is 15.5. The Balaban J connectivity index is 2.42. The van der Waals surface area contributed by atoms with Crippen LogP contribution in [-0.2, 0) is 14.8 Å². The average molecular weight is 306 g/mol. The van der Waals surface area contributed by atoms with Gasteiger partial charge in [0.15, 0.2) is 0 Å². The van der Waals surface area contributed by atoms with Gasteiger partial charge < -0.3 is 5.32 Å². The van der Waals surface area contributed by atoms with Crippen molar-refractivity contribution in [2.45, 2.75) is 11.8 Å². The minimum atomic E-state index is -3.68. The van der Waals surface area contributed by atoms with E-state index in [1.165, 1.54) is 7.05 Å². The van der Waals surface area contributed by atoms with Crippen LogP contribution < -0.4 is 5.32 Å². The Kier molecular flexibility index (Phi) is 4.59. The van der Waals surface area contributed by atoms with Gasteiger partial charge in [-0.05, 0) is 22.9 Å². The molecule has 0 saturated carbocycles. The van der Waals surface area contributed by atoms with E-state index in [1.54, 1.807) is 25.1 Å². The van der Waals surface area contributed by atoms with Gasteiger partial charge in [-0.2, -0.15) is 4.31 Å². The van der Waals surface area contributed by atoms with Crippen molar-refractivity contribution in [2.24, 2.45) is 0 Å². The standard InChI is InChI=1S/C15H18N2O3S/c1-3-17(11-15(18)16-2)21(19,20)14-9-8-12-6-4-5-7-13(12)10-14/h4-10H,3,11H2,1-2H3,(H,16,18). The normalized spacial score (nSPS) is 11.8. The van der Waals surface area contributed by atoms with Crippen LogP contribution in [0.3, 0.4) is 0 Å². The van der Waals surface area contributed by atoms with Gasteiger partial charge in [0.25, 0.3) is 0 Å². The highest BCUT2D eigenvalue weighted by molar-refractivity contribution is 7.89. The molecule has 0 heterocycles. The topological polar surface area (TPSA) is 66.5 Å². The van der Waals surface area contributed by atoms with Crippen molar-refractivity contribution in [2.75, 3.05) is 20.1 Å². The molecular formula is C15H18N2O3S. The maximum Gasteiger partial charge on any atom is 0.243 e. The Labute approximate surface area is 124 Å². The van der Waals surface area contributed by atoms with E-state index in [0.29, 0.717) is 0 Å². The predicted octanol–water partition coefficient (Wildman–Crippen LogP) is 1.60. The molecule has 0 saturated heterocycles. The number of rotatable bonds is 5. The van der Waals surface area contributed by atoms with E-state index in [1.807, 2.05) is 24.3 Å². The summed E-state index contributed by atoms with van der Waals surface area (Å²) in [5, 5.41) is 4.27. The summed E-state index contributed by atoms with van der Waals surface area (Å²) in [5.74, 6) is -0.332. The number of amides is 1. The fraction of sp³-hybridized carbons (Fsp3) is 0.267. The van der Waals surface area contributed by atoms with Crippen LogP contribution >= 0.6 is 0 Å². The van der Waals surface area contributed by atoms with E-state index >= 15 is 0 Å². The number of carbonyl (C=O) groups is 1. The van der Waals surface area contributed by atoms with Crippen molar-refractivity contribution in [3.63, 3.8) is 0 Å². The minimum absolute atomic E-state index is 0.178. The maximum atomic E-state index is 12.6. The van der Waals surface area contributed by atoms with E-state index in [2.05, 4.69) is 5.32 Å². The molecule has 2 aromatic carbocycles. The molecule has 2 aromatic rings. The third kappa shape index (κ3) is 3.22. The lowest BCUT2D eigenvalue weighted by Crippen LogP contribution is -2.39. The zero-order valence-corrected chi connectivity index (χ0v) is 12.9. The van der Waals surface area contributed by atoms with Gasteiger partial charge in [-0.25, -0.2) is 8.42 Å². The van der Waals surface area contributed by atoms with Crippen molar-refractivity contribution < 1.29 is 13.2 Å². The Bertz CT molecular complexity index is 756. The molecule has 2 rings (SSSR count). The lowest BCUT2D eigenvalue weighted by Gasteiger charge is -2.19. The lowest BCUT2D eigenvalue weighted by molar-refractivity contribution is -0.120. The summed E-state index contributed by atoms with van der Waals surface area (Å²) >= 11 is 0. The van der Waals surface area contributed by atoms with Crippen LogP contribution in [0.2, 0.25) is 0 Å². The summed E-state index contributed by atoms with van der Waals surface area (Å²) in [4.78, 5) is 11.7. The first-order chi connectivity index (χ1) is 9.98. The molecule has 21 heavy (non-hydrogen) atoms. The number of likely N-dealkylation sites (N-methyl/N-ethyl adjacent to an activating group) is 2. The fourth-order valence-corrected chi connectivity index (χ4v) is 3.52. The molecule has 0 aromatic heterocycles. The highest BCUT2D eigenvalue weighted by Crippen LogP contribution is 2.21. The second kappa shape index (κ2) is 6.24. The molecule has 112 valence electrons. The Morgan fingerprint density at radius 2 is 1.81 bits per heavy atom. The van der Waals surface area contributed by atoms with Crippen LogP contribution in [0.1, 0.15) is 6.92 Å². The van der Waals surface area contributed by atoms with Crippen molar-refractivity contribution >= 4 is 26.7 Å². The van der Waals surface area contributed by atoms with Crippen molar-refractivity contribution in [1.82, 2.24) is 9.62 Å². The van der Waals surface area contributed by atoms with Gasteiger partial charge in [-0.1, -0.05) is 37.3 Å². The number of fused-ring (bicyclic) bond motifs is 1. The zero-order valence-electron chi connectivity index (χ0n) is 12.0. The molecule has 6 heteroatoms. The maximum absolute atomic E-state index is 12.6. The summed E-state index contributed by atoms with van der Waals surface area (Å²) in [5.41, 5.74) is 0. The highest BCUT2D eigenvalue weighted by Gasteiger charge is 2.25. The van der Waals surface area contributed by atoms with Gasteiger partial charge in [0.1, 0.15) is 0 Å². The molecule has 0 atom stereocenters.